The molecule has 1 saturated carbocycles. The molecule has 1 aliphatic rings. The number of carbonyl (C=O) groups excluding carboxylic acids is 2. The van der Waals surface area contributed by atoms with Crippen molar-refractivity contribution in [3.63, 3.8) is 0 Å². The molecular formula is C33H40N2O3. The van der Waals surface area contributed by atoms with Crippen LogP contribution in [0.25, 0.3) is 0 Å². The Labute approximate surface area is 227 Å². The van der Waals surface area contributed by atoms with Gasteiger partial charge >= 0.3 is 0 Å². The predicted octanol–water partition coefficient (Wildman–Crippen LogP) is 6.16. The summed E-state index contributed by atoms with van der Waals surface area (Å²) in [6, 6.07) is 25.6. The van der Waals surface area contributed by atoms with Gasteiger partial charge in [0, 0.05) is 25.4 Å². The molecule has 38 heavy (non-hydrogen) atoms. The van der Waals surface area contributed by atoms with Gasteiger partial charge in [0.05, 0.1) is 6.61 Å². The smallest absolute Gasteiger partial charge is 0.243 e. The molecule has 1 fully saturated rings. The highest BCUT2D eigenvalue weighted by molar-refractivity contribution is 5.88. The Morgan fingerprint density at radius 1 is 0.921 bits per heavy atom. The summed E-state index contributed by atoms with van der Waals surface area (Å²) in [4.78, 5) is 29.3. The van der Waals surface area contributed by atoms with Gasteiger partial charge in [-0.3, -0.25) is 9.59 Å². The van der Waals surface area contributed by atoms with Crippen molar-refractivity contribution in [1.29, 1.82) is 0 Å². The summed E-state index contributed by atoms with van der Waals surface area (Å²) in [6.45, 7) is 4.95. The van der Waals surface area contributed by atoms with Gasteiger partial charge in [0.1, 0.15) is 11.8 Å². The normalized spacial score (nSPS) is 14.2. The van der Waals surface area contributed by atoms with Gasteiger partial charge in [-0.15, -0.1) is 0 Å². The van der Waals surface area contributed by atoms with Crippen LogP contribution in [0, 0.1) is 13.8 Å². The standard InChI is InChI=1S/C33H40N2O3/c1-25-18-20-30(21-19-25)38-22-10-17-32(36)35(24-28-14-7-6-11-26(28)2)31(23-27-12-4-3-5-13-27)33(37)34-29-15-8-9-16-29/h3-7,11-14,18-21,29,31H,8-10,15-17,22-24H2,1-2H3,(H,34,37). The van der Waals surface area contributed by atoms with Crippen LogP contribution in [0.4, 0.5) is 0 Å². The lowest BCUT2D eigenvalue weighted by atomic mass is 10.0. The summed E-state index contributed by atoms with van der Waals surface area (Å²) >= 11 is 0. The van der Waals surface area contributed by atoms with Gasteiger partial charge in [-0.25, -0.2) is 0 Å². The Kier molecular flexibility index (Phi) is 9.97. The molecule has 200 valence electrons. The quantitative estimate of drug-likeness (QED) is 0.296. The van der Waals surface area contributed by atoms with E-state index in [4.69, 9.17) is 4.74 Å². The van der Waals surface area contributed by atoms with Gasteiger partial charge in [-0.05, 0) is 61.9 Å². The Bertz CT molecular complexity index is 1170. The fourth-order valence-corrected chi connectivity index (χ4v) is 5.08. The zero-order chi connectivity index (χ0) is 26.7. The van der Waals surface area contributed by atoms with E-state index in [1.807, 2.05) is 79.7 Å². The van der Waals surface area contributed by atoms with Gasteiger partial charge in [0.2, 0.25) is 11.8 Å². The van der Waals surface area contributed by atoms with Crippen molar-refractivity contribution in [2.24, 2.45) is 0 Å². The first-order chi connectivity index (χ1) is 18.5. The Morgan fingerprint density at radius 2 is 1.61 bits per heavy atom. The molecule has 3 aromatic carbocycles. The maximum Gasteiger partial charge on any atom is 0.243 e. The molecule has 5 nitrogen and oxygen atoms in total. The number of ether oxygens (including phenoxy) is 1. The third kappa shape index (κ3) is 7.95. The van der Waals surface area contributed by atoms with Crippen molar-refractivity contribution >= 4 is 11.8 Å². The van der Waals surface area contributed by atoms with Crippen molar-refractivity contribution in [3.05, 3.63) is 101 Å². The number of hydrogen-bond donors (Lipinski definition) is 1. The van der Waals surface area contributed by atoms with Crippen molar-refractivity contribution in [2.45, 2.75) is 77.4 Å². The van der Waals surface area contributed by atoms with Gasteiger partial charge in [-0.2, -0.15) is 0 Å². The minimum atomic E-state index is -0.580. The van der Waals surface area contributed by atoms with Crippen LogP contribution in [-0.4, -0.2) is 35.4 Å². The Morgan fingerprint density at radius 3 is 2.32 bits per heavy atom. The van der Waals surface area contributed by atoms with Crippen LogP contribution >= 0.6 is 0 Å². The van der Waals surface area contributed by atoms with Crippen molar-refractivity contribution in [1.82, 2.24) is 10.2 Å². The first-order valence-electron chi connectivity index (χ1n) is 13.9. The number of nitrogens with one attached hydrogen (secondary N) is 1. The van der Waals surface area contributed by atoms with Crippen LogP contribution in [-0.2, 0) is 22.6 Å². The zero-order valence-corrected chi connectivity index (χ0v) is 22.7. The number of benzene rings is 3. The van der Waals surface area contributed by atoms with E-state index in [1.165, 1.54) is 5.56 Å². The van der Waals surface area contributed by atoms with E-state index >= 15 is 0 Å². The lowest BCUT2D eigenvalue weighted by Gasteiger charge is -2.33. The lowest BCUT2D eigenvalue weighted by Crippen LogP contribution is -2.52. The van der Waals surface area contributed by atoms with E-state index in [-0.39, 0.29) is 17.9 Å². The molecule has 0 saturated heterocycles. The van der Waals surface area contributed by atoms with Crippen LogP contribution in [0.5, 0.6) is 5.75 Å². The SMILES string of the molecule is Cc1ccc(OCCCC(=O)N(Cc2ccccc2C)C(Cc2ccccc2)C(=O)NC2CCCC2)cc1. The Balaban J connectivity index is 1.52. The molecule has 3 aromatic rings. The molecule has 2 amide bonds. The van der Waals surface area contributed by atoms with Crippen LogP contribution < -0.4 is 10.1 Å². The van der Waals surface area contributed by atoms with Gasteiger partial charge in [0.15, 0.2) is 0 Å². The number of nitrogens with zero attached hydrogens (tertiary/aromatic N) is 1. The number of hydrogen-bond acceptors (Lipinski definition) is 3. The summed E-state index contributed by atoms with van der Waals surface area (Å²) in [5.74, 6) is 0.722. The summed E-state index contributed by atoms with van der Waals surface area (Å²) < 4.78 is 5.87. The first-order valence-corrected chi connectivity index (χ1v) is 13.9. The first kappa shape index (κ1) is 27.4. The molecule has 0 bridgehead atoms. The molecule has 0 heterocycles. The molecule has 1 unspecified atom stereocenters. The monoisotopic (exact) mass is 512 g/mol. The van der Waals surface area contributed by atoms with Crippen molar-refractivity contribution in [3.8, 4) is 5.75 Å². The molecule has 5 heteroatoms. The zero-order valence-electron chi connectivity index (χ0n) is 22.7. The summed E-state index contributed by atoms with van der Waals surface area (Å²) in [5, 5.41) is 3.27. The number of carbonyl (C=O) groups is 2. The fourth-order valence-electron chi connectivity index (χ4n) is 5.08. The van der Waals surface area contributed by atoms with E-state index < -0.39 is 6.04 Å². The number of rotatable bonds is 12. The van der Waals surface area contributed by atoms with Crippen molar-refractivity contribution in [2.75, 3.05) is 6.61 Å². The van der Waals surface area contributed by atoms with E-state index in [0.717, 1.165) is 48.1 Å². The number of aryl methyl sites for hydroxylation is 2. The minimum absolute atomic E-state index is 0.0248. The lowest BCUT2D eigenvalue weighted by molar-refractivity contribution is -0.141. The van der Waals surface area contributed by atoms with Crippen molar-refractivity contribution < 1.29 is 14.3 Å². The highest BCUT2D eigenvalue weighted by Gasteiger charge is 2.32. The minimum Gasteiger partial charge on any atom is -0.494 e. The van der Waals surface area contributed by atoms with Crippen LogP contribution in [0.1, 0.15) is 60.8 Å². The topological polar surface area (TPSA) is 58.6 Å². The van der Waals surface area contributed by atoms with Crippen LogP contribution in [0.15, 0.2) is 78.9 Å². The maximum atomic E-state index is 13.8. The molecular weight excluding hydrogens is 472 g/mol. The Hall–Kier alpha value is -3.60. The average Bonchev–Trinajstić information content (AvgIpc) is 3.44. The third-order valence-corrected chi connectivity index (χ3v) is 7.40. The molecule has 1 atom stereocenters. The van der Waals surface area contributed by atoms with Crippen LogP contribution in [0.3, 0.4) is 0 Å². The second kappa shape index (κ2) is 13.8. The van der Waals surface area contributed by atoms with Gasteiger partial charge in [0.25, 0.3) is 0 Å². The second-order valence-corrected chi connectivity index (χ2v) is 10.4. The number of amides is 2. The molecule has 4 rings (SSSR count). The molecule has 0 spiro atoms. The molecule has 1 N–H and O–H groups in total. The predicted molar refractivity (Wildman–Crippen MR) is 152 cm³/mol. The van der Waals surface area contributed by atoms with E-state index in [0.29, 0.717) is 32.4 Å². The third-order valence-electron chi connectivity index (χ3n) is 7.40. The summed E-state index contributed by atoms with van der Waals surface area (Å²) in [5.41, 5.74) is 4.40. The van der Waals surface area contributed by atoms with E-state index in [1.54, 1.807) is 4.90 Å². The summed E-state index contributed by atoms with van der Waals surface area (Å²) in [7, 11) is 0. The molecule has 1 aliphatic carbocycles. The van der Waals surface area contributed by atoms with Crippen LogP contribution in [0.2, 0.25) is 0 Å². The second-order valence-electron chi connectivity index (χ2n) is 10.4. The maximum absolute atomic E-state index is 13.8. The molecule has 0 aliphatic heterocycles. The molecule has 0 radical (unpaired) electrons. The van der Waals surface area contributed by atoms with Gasteiger partial charge in [-0.1, -0.05) is 85.1 Å². The highest BCUT2D eigenvalue weighted by Crippen LogP contribution is 2.21. The van der Waals surface area contributed by atoms with E-state index in [2.05, 4.69) is 18.3 Å². The molecule has 0 aromatic heterocycles. The highest BCUT2D eigenvalue weighted by atomic mass is 16.5. The van der Waals surface area contributed by atoms with E-state index in [9.17, 15) is 9.59 Å². The summed E-state index contributed by atoms with van der Waals surface area (Å²) in [6.07, 6.45) is 5.68. The largest absolute Gasteiger partial charge is 0.494 e. The van der Waals surface area contributed by atoms with Gasteiger partial charge < -0.3 is 15.0 Å². The average molecular weight is 513 g/mol. The fraction of sp³-hybridized carbons (Fsp3) is 0.394.